The number of anilines is 1. The Hall–Kier alpha value is -2.14. The first-order valence-corrected chi connectivity index (χ1v) is 7.90. The second-order valence-electron chi connectivity index (χ2n) is 5.22. The highest BCUT2D eigenvalue weighted by molar-refractivity contribution is 9.10. The van der Waals surface area contributed by atoms with Gasteiger partial charge < -0.3 is 5.32 Å². The van der Waals surface area contributed by atoms with Crippen LogP contribution in [0.2, 0.25) is 0 Å². The zero-order valence-electron chi connectivity index (χ0n) is 11.7. The highest BCUT2D eigenvalue weighted by atomic mass is 79.9. The minimum absolute atomic E-state index is 0.240. The summed E-state index contributed by atoms with van der Waals surface area (Å²) in [4.78, 5) is 0. The molecule has 2 heterocycles. The molecule has 0 bridgehead atoms. The predicted molar refractivity (Wildman–Crippen MR) is 88.9 cm³/mol. The van der Waals surface area contributed by atoms with Crippen molar-refractivity contribution in [1.82, 2.24) is 9.78 Å². The van der Waals surface area contributed by atoms with Crippen LogP contribution in [0.4, 0.5) is 10.2 Å². The van der Waals surface area contributed by atoms with Crippen LogP contribution < -0.4 is 5.32 Å². The van der Waals surface area contributed by atoms with E-state index in [2.05, 4.69) is 26.3 Å². The topological polar surface area (TPSA) is 29.9 Å². The van der Waals surface area contributed by atoms with Gasteiger partial charge in [0.1, 0.15) is 17.3 Å². The van der Waals surface area contributed by atoms with Crippen LogP contribution in [0.5, 0.6) is 0 Å². The van der Waals surface area contributed by atoms with Crippen LogP contribution in [0.1, 0.15) is 5.56 Å². The molecule has 22 heavy (non-hydrogen) atoms. The van der Waals surface area contributed by atoms with Gasteiger partial charge in [-0.3, -0.25) is 0 Å². The van der Waals surface area contributed by atoms with Crippen LogP contribution in [0, 0.1) is 5.82 Å². The van der Waals surface area contributed by atoms with Crippen molar-refractivity contribution in [2.24, 2.45) is 0 Å². The maximum Gasteiger partial charge on any atom is 0.133 e. The molecule has 0 atom stereocenters. The number of nitrogens with one attached hydrogen (secondary N) is 1. The number of fused-ring (bicyclic) bond motifs is 1. The van der Waals surface area contributed by atoms with Crippen LogP contribution >= 0.6 is 15.9 Å². The van der Waals surface area contributed by atoms with Crippen LogP contribution in [-0.4, -0.2) is 16.3 Å². The molecule has 0 aliphatic carbocycles. The van der Waals surface area contributed by atoms with E-state index in [0.717, 1.165) is 40.2 Å². The highest BCUT2D eigenvalue weighted by Crippen LogP contribution is 2.35. The largest absolute Gasteiger partial charge is 0.369 e. The summed E-state index contributed by atoms with van der Waals surface area (Å²) in [6, 6.07) is 14.7. The summed E-state index contributed by atoms with van der Waals surface area (Å²) < 4.78 is 17.0. The van der Waals surface area contributed by atoms with Crippen LogP contribution in [0.3, 0.4) is 0 Å². The Kier molecular flexibility index (Phi) is 3.22. The zero-order valence-corrected chi connectivity index (χ0v) is 13.3. The van der Waals surface area contributed by atoms with E-state index in [1.165, 1.54) is 6.07 Å². The molecule has 1 aliphatic heterocycles. The fourth-order valence-electron chi connectivity index (χ4n) is 2.84. The molecule has 0 radical (unpaired) electrons. The molecular weight excluding hydrogens is 345 g/mol. The average molecular weight is 358 g/mol. The number of hydrogen-bond donors (Lipinski definition) is 1. The van der Waals surface area contributed by atoms with E-state index in [-0.39, 0.29) is 5.82 Å². The number of rotatable bonds is 2. The molecule has 0 saturated carbocycles. The molecule has 1 aliphatic rings. The van der Waals surface area contributed by atoms with Gasteiger partial charge in [-0.15, -0.1) is 0 Å². The smallest absolute Gasteiger partial charge is 0.133 e. The maximum atomic E-state index is 14.1. The molecule has 3 aromatic rings. The molecule has 3 nitrogen and oxygen atoms in total. The van der Waals surface area contributed by atoms with E-state index < -0.39 is 0 Å². The van der Waals surface area contributed by atoms with Crippen molar-refractivity contribution in [3.63, 3.8) is 0 Å². The number of halogens is 2. The molecule has 4 rings (SSSR count). The van der Waals surface area contributed by atoms with Crippen molar-refractivity contribution >= 4 is 21.7 Å². The van der Waals surface area contributed by atoms with Gasteiger partial charge in [0.25, 0.3) is 0 Å². The predicted octanol–water partition coefficient (Wildman–Crippen LogP) is 4.41. The lowest BCUT2D eigenvalue weighted by Gasteiger charge is -2.06. The monoisotopic (exact) mass is 357 g/mol. The molecule has 110 valence electrons. The Balaban J connectivity index is 1.93. The SMILES string of the molecule is Fc1ccccc1-c1nn(-c2cccc(Br)c2)c2c1CCN2. The fraction of sp³-hybridized carbons (Fsp3) is 0.118. The van der Waals surface area contributed by atoms with Crippen LogP contribution in [0.15, 0.2) is 53.0 Å². The fourth-order valence-corrected chi connectivity index (χ4v) is 3.23. The van der Waals surface area contributed by atoms with E-state index >= 15 is 0 Å². The van der Waals surface area contributed by atoms with Gasteiger partial charge >= 0.3 is 0 Å². The first-order valence-electron chi connectivity index (χ1n) is 7.10. The molecule has 2 aromatic carbocycles. The van der Waals surface area contributed by atoms with Gasteiger partial charge in [0.15, 0.2) is 0 Å². The summed E-state index contributed by atoms with van der Waals surface area (Å²) in [5.74, 6) is 0.715. The molecule has 0 fully saturated rings. The van der Waals surface area contributed by atoms with Crippen LogP contribution in [0.25, 0.3) is 16.9 Å². The first kappa shape index (κ1) is 13.5. The van der Waals surface area contributed by atoms with Crippen LogP contribution in [-0.2, 0) is 6.42 Å². The summed E-state index contributed by atoms with van der Waals surface area (Å²) in [5.41, 5.74) is 3.29. The van der Waals surface area contributed by atoms with E-state index in [4.69, 9.17) is 0 Å². The quantitative estimate of drug-likeness (QED) is 0.736. The zero-order chi connectivity index (χ0) is 15.1. The minimum atomic E-state index is -0.240. The lowest BCUT2D eigenvalue weighted by Crippen LogP contribution is -2.04. The average Bonchev–Trinajstić information content (AvgIpc) is 3.10. The summed E-state index contributed by atoms with van der Waals surface area (Å²) in [6.45, 7) is 0.850. The Bertz CT molecular complexity index is 857. The standard InChI is InChI=1S/C17H13BrFN3/c18-11-4-3-5-12(10-11)22-17-14(8-9-20-17)16(21-22)13-6-1-2-7-15(13)19/h1-7,10,20H,8-9H2. The molecule has 1 aromatic heterocycles. The van der Waals surface area contributed by atoms with Crippen molar-refractivity contribution in [3.05, 3.63) is 64.4 Å². The first-order chi connectivity index (χ1) is 10.7. The van der Waals surface area contributed by atoms with E-state index in [0.29, 0.717) is 5.56 Å². The van der Waals surface area contributed by atoms with Gasteiger partial charge in [0.2, 0.25) is 0 Å². The van der Waals surface area contributed by atoms with Gasteiger partial charge in [-0.1, -0.05) is 34.1 Å². The third-order valence-corrected chi connectivity index (χ3v) is 4.33. The minimum Gasteiger partial charge on any atom is -0.369 e. The molecule has 0 amide bonds. The summed E-state index contributed by atoms with van der Waals surface area (Å²) in [7, 11) is 0. The third kappa shape index (κ3) is 2.13. The van der Waals surface area contributed by atoms with Crippen molar-refractivity contribution in [2.75, 3.05) is 11.9 Å². The number of aromatic nitrogens is 2. The van der Waals surface area contributed by atoms with E-state index in [1.54, 1.807) is 12.1 Å². The molecule has 1 N–H and O–H groups in total. The summed E-state index contributed by atoms with van der Waals surface area (Å²) >= 11 is 3.48. The number of nitrogens with zero attached hydrogens (tertiary/aromatic N) is 2. The molecule has 5 heteroatoms. The Morgan fingerprint density at radius 2 is 2.00 bits per heavy atom. The second kappa shape index (κ2) is 5.25. The van der Waals surface area contributed by atoms with Crippen molar-refractivity contribution in [1.29, 1.82) is 0 Å². The van der Waals surface area contributed by atoms with Crippen molar-refractivity contribution in [3.8, 4) is 16.9 Å². The third-order valence-electron chi connectivity index (χ3n) is 3.83. The molecule has 0 saturated heterocycles. The number of benzene rings is 2. The van der Waals surface area contributed by atoms with Gasteiger partial charge in [0, 0.05) is 22.1 Å². The Morgan fingerprint density at radius 1 is 1.14 bits per heavy atom. The highest BCUT2D eigenvalue weighted by Gasteiger charge is 2.25. The second-order valence-corrected chi connectivity index (χ2v) is 6.14. The Morgan fingerprint density at radius 3 is 2.82 bits per heavy atom. The lowest BCUT2D eigenvalue weighted by atomic mass is 10.1. The van der Waals surface area contributed by atoms with Crippen molar-refractivity contribution in [2.45, 2.75) is 6.42 Å². The molecule has 0 unspecified atom stereocenters. The normalized spacial score (nSPS) is 13.0. The lowest BCUT2D eigenvalue weighted by molar-refractivity contribution is 0.630. The van der Waals surface area contributed by atoms with Gasteiger partial charge in [0.05, 0.1) is 5.69 Å². The van der Waals surface area contributed by atoms with Gasteiger partial charge in [-0.25, -0.2) is 9.07 Å². The summed E-state index contributed by atoms with van der Waals surface area (Å²) in [6.07, 6.45) is 0.854. The van der Waals surface area contributed by atoms with E-state index in [9.17, 15) is 4.39 Å². The van der Waals surface area contributed by atoms with Gasteiger partial charge in [-0.05, 0) is 36.8 Å². The maximum absolute atomic E-state index is 14.1. The molecule has 0 spiro atoms. The van der Waals surface area contributed by atoms with Gasteiger partial charge in [-0.2, -0.15) is 5.10 Å². The van der Waals surface area contributed by atoms with Crippen molar-refractivity contribution < 1.29 is 4.39 Å². The number of hydrogen-bond acceptors (Lipinski definition) is 2. The summed E-state index contributed by atoms with van der Waals surface area (Å²) in [5, 5.41) is 8.03. The Labute approximate surface area is 135 Å². The molecular formula is C17H13BrFN3. The van der Waals surface area contributed by atoms with E-state index in [1.807, 2.05) is 35.0 Å².